The molecule has 2 nitrogen and oxygen atoms in total. The highest BCUT2D eigenvalue weighted by atomic mass is 15.0. The van der Waals surface area contributed by atoms with Crippen LogP contribution >= 0.6 is 0 Å². The number of benzene rings is 9. The molecule has 252 valence electrons. The van der Waals surface area contributed by atoms with E-state index < -0.39 is 0 Å². The number of aromatic nitrogens is 2. The van der Waals surface area contributed by atoms with E-state index in [2.05, 4.69) is 215 Å². The van der Waals surface area contributed by atoms with E-state index in [9.17, 15) is 0 Å². The molecule has 0 aliphatic carbocycles. The van der Waals surface area contributed by atoms with Crippen LogP contribution in [-0.4, -0.2) is 9.13 Å². The number of fused-ring (bicyclic) bond motifs is 7. The highest BCUT2D eigenvalue weighted by molar-refractivity contribution is 6.13. The van der Waals surface area contributed by atoms with Gasteiger partial charge in [0.1, 0.15) is 0 Å². The minimum absolute atomic E-state index is 1.16. The molecule has 0 N–H and O–H groups in total. The highest BCUT2D eigenvalue weighted by Crippen LogP contribution is 2.39. The largest absolute Gasteiger partial charge is 0.309 e. The van der Waals surface area contributed by atoms with Crippen molar-refractivity contribution in [1.82, 2.24) is 9.13 Å². The third-order valence-electron chi connectivity index (χ3n) is 11.1. The molecule has 9 aromatic carbocycles. The molecule has 0 unspecified atom stereocenters. The van der Waals surface area contributed by atoms with Crippen LogP contribution < -0.4 is 0 Å². The normalized spacial score (nSPS) is 11.7. The Labute approximate surface area is 313 Å². The zero-order valence-electron chi connectivity index (χ0n) is 29.5. The van der Waals surface area contributed by atoms with Gasteiger partial charge in [-0.3, -0.25) is 0 Å². The molecule has 0 radical (unpaired) electrons. The van der Waals surface area contributed by atoms with Gasteiger partial charge in [-0.25, -0.2) is 0 Å². The maximum Gasteiger partial charge on any atom is 0.0547 e. The van der Waals surface area contributed by atoms with Crippen molar-refractivity contribution < 1.29 is 0 Å². The molecule has 0 aliphatic rings. The van der Waals surface area contributed by atoms with Gasteiger partial charge in [0.15, 0.2) is 0 Å². The lowest BCUT2D eigenvalue weighted by atomic mass is 9.99. The van der Waals surface area contributed by atoms with E-state index >= 15 is 0 Å². The summed E-state index contributed by atoms with van der Waals surface area (Å²) in [6.07, 6.45) is 0. The topological polar surface area (TPSA) is 9.86 Å². The van der Waals surface area contributed by atoms with E-state index in [1.807, 2.05) is 0 Å². The molecule has 54 heavy (non-hydrogen) atoms. The summed E-state index contributed by atoms with van der Waals surface area (Å²) in [6.45, 7) is 0. The van der Waals surface area contributed by atoms with Crippen molar-refractivity contribution in [3.8, 4) is 44.8 Å². The lowest BCUT2D eigenvalue weighted by molar-refractivity contribution is 1.18. The molecule has 0 saturated heterocycles. The zero-order valence-corrected chi connectivity index (χ0v) is 29.5. The van der Waals surface area contributed by atoms with Gasteiger partial charge >= 0.3 is 0 Å². The zero-order chi connectivity index (χ0) is 35.6. The molecule has 0 aliphatic heterocycles. The van der Waals surface area contributed by atoms with Crippen molar-refractivity contribution in [3.63, 3.8) is 0 Å². The highest BCUT2D eigenvalue weighted by Gasteiger charge is 2.17. The average Bonchev–Trinajstić information content (AvgIpc) is 3.76. The van der Waals surface area contributed by atoms with Gasteiger partial charge in [-0.05, 0) is 111 Å². The second-order valence-corrected chi connectivity index (χ2v) is 14.2. The van der Waals surface area contributed by atoms with Crippen molar-refractivity contribution in [1.29, 1.82) is 0 Å². The molecule has 2 aromatic heterocycles. The van der Waals surface area contributed by atoms with E-state index in [4.69, 9.17) is 0 Å². The maximum absolute atomic E-state index is 2.41. The lowest BCUT2D eigenvalue weighted by Crippen LogP contribution is -1.94. The average molecular weight is 687 g/mol. The maximum atomic E-state index is 2.41. The van der Waals surface area contributed by atoms with E-state index in [1.165, 1.54) is 87.8 Å². The Hall–Kier alpha value is -7.16. The van der Waals surface area contributed by atoms with Gasteiger partial charge in [0.25, 0.3) is 0 Å². The van der Waals surface area contributed by atoms with E-state index in [0.717, 1.165) is 11.4 Å². The smallest absolute Gasteiger partial charge is 0.0547 e. The molecule has 0 saturated carbocycles. The van der Waals surface area contributed by atoms with Crippen molar-refractivity contribution in [2.45, 2.75) is 0 Å². The van der Waals surface area contributed by atoms with Crippen LogP contribution in [-0.2, 0) is 0 Å². The second kappa shape index (κ2) is 12.2. The molecule has 0 atom stereocenters. The molecular weight excluding hydrogens is 653 g/mol. The minimum Gasteiger partial charge on any atom is -0.309 e. The van der Waals surface area contributed by atoms with Gasteiger partial charge in [-0.15, -0.1) is 0 Å². The van der Waals surface area contributed by atoms with Crippen LogP contribution in [0, 0.1) is 0 Å². The first-order valence-corrected chi connectivity index (χ1v) is 18.6. The Morgan fingerprint density at radius 3 is 1.43 bits per heavy atom. The van der Waals surface area contributed by atoms with Crippen LogP contribution in [0.1, 0.15) is 0 Å². The summed E-state index contributed by atoms with van der Waals surface area (Å²) in [4.78, 5) is 0. The standard InChI is InChI=1S/C52H34N2/c1-3-11-35(12-4-1)42-23-28-46-48-33-41(25-30-51(48)54(52(46)34-42)43-15-5-2-6-16-43)40-24-29-50-47(32-40)45-17-9-10-18-49(45)53(50)44-26-21-37(22-27-44)39-20-19-36-13-7-8-14-38(36)31-39/h1-34H. The molecule has 11 aromatic rings. The molecule has 0 bridgehead atoms. The summed E-state index contributed by atoms with van der Waals surface area (Å²) in [7, 11) is 0. The molecule has 0 fully saturated rings. The Morgan fingerprint density at radius 1 is 0.222 bits per heavy atom. The third kappa shape index (κ3) is 4.88. The quantitative estimate of drug-likeness (QED) is 0.171. The van der Waals surface area contributed by atoms with Crippen LogP contribution in [0.3, 0.4) is 0 Å². The van der Waals surface area contributed by atoms with Gasteiger partial charge < -0.3 is 9.13 Å². The Morgan fingerprint density at radius 2 is 0.685 bits per heavy atom. The summed E-state index contributed by atoms with van der Waals surface area (Å²) in [5.41, 5.74) is 14.4. The minimum atomic E-state index is 1.16. The van der Waals surface area contributed by atoms with Crippen molar-refractivity contribution >= 4 is 54.4 Å². The van der Waals surface area contributed by atoms with E-state index in [1.54, 1.807) is 0 Å². The third-order valence-corrected chi connectivity index (χ3v) is 11.1. The Kier molecular flexibility index (Phi) is 6.90. The van der Waals surface area contributed by atoms with Crippen molar-refractivity contribution in [2.75, 3.05) is 0 Å². The number of hydrogen-bond acceptors (Lipinski definition) is 0. The summed E-state index contributed by atoms with van der Waals surface area (Å²) >= 11 is 0. The lowest BCUT2D eigenvalue weighted by Gasteiger charge is -2.11. The second-order valence-electron chi connectivity index (χ2n) is 14.2. The predicted octanol–water partition coefficient (Wildman–Crippen LogP) is 14.0. The fourth-order valence-corrected chi connectivity index (χ4v) is 8.47. The monoisotopic (exact) mass is 686 g/mol. The van der Waals surface area contributed by atoms with E-state index in [-0.39, 0.29) is 0 Å². The van der Waals surface area contributed by atoms with Crippen molar-refractivity contribution in [3.05, 3.63) is 206 Å². The van der Waals surface area contributed by atoms with Crippen LogP contribution in [0.4, 0.5) is 0 Å². The summed E-state index contributed by atoms with van der Waals surface area (Å²) in [5.74, 6) is 0. The van der Waals surface area contributed by atoms with Gasteiger partial charge in [0, 0.05) is 32.9 Å². The Balaban J connectivity index is 1.03. The number of para-hydroxylation sites is 2. The molecule has 0 amide bonds. The van der Waals surface area contributed by atoms with Crippen LogP contribution in [0.2, 0.25) is 0 Å². The molecular formula is C52H34N2. The van der Waals surface area contributed by atoms with Gasteiger partial charge in [-0.1, -0.05) is 140 Å². The summed E-state index contributed by atoms with van der Waals surface area (Å²) < 4.78 is 4.81. The first kappa shape index (κ1) is 30.5. The van der Waals surface area contributed by atoms with Crippen LogP contribution in [0.15, 0.2) is 206 Å². The van der Waals surface area contributed by atoms with E-state index in [0.29, 0.717) is 0 Å². The molecule has 0 spiro atoms. The van der Waals surface area contributed by atoms with Crippen LogP contribution in [0.25, 0.3) is 99.1 Å². The number of rotatable bonds is 5. The van der Waals surface area contributed by atoms with Gasteiger partial charge in [0.2, 0.25) is 0 Å². The molecule has 11 rings (SSSR count). The number of nitrogens with zero attached hydrogens (tertiary/aromatic N) is 2. The fourth-order valence-electron chi connectivity index (χ4n) is 8.47. The molecule has 2 heterocycles. The predicted molar refractivity (Wildman–Crippen MR) is 229 cm³/mol. The van der Waals surface area contributed by atoms with Gasteiger partial charge in [-0.2, -0.15) is 0 Å². The Bertz CT molecular complexity index is 3180. The first-order chi connectivity index (χ1) is 26.8. The summed E-state index contributed by atoms with van der Waals surface area (Å²) in [6, 6.07) is 75.2. The SMILES string of the molecule is c1ccc(-c2ccc3c4cc(-c5ccc6c(c5)c5ccccc5n6-c5ccc(-c6ccc7ccccc7c6)cc5)ccc4n(-c4ccccc4)c3c2)cc1. The first-order valence-electron chi connectivity index (χ1n) is 18.6. The summed E-state index contributed by atoms with van der Waals surface area (Å²) in [5, 5.41) is 7.53. The molecule has 2 heteroatoms. The number of hydrogen-bond donors (Lipinski definition) is 0. The van der Waals surface area contributed by atoms with Crippen molar-refractivity contribution in [2.24, 2.45) is 0 Å². The van der Waals surface area contributed by atoms with Crippen LogP contribution in [0.5, 0.6) is 0 Å². The van der Waals surface area contributed by atoms with Gasteiger partial charge in [0.05, 0.1) is 22.1 Å². The fraction of sp³-hybridized carbons (Fsp3) is 0.